The quantitative estimate of drug-likeness (QED) is 0.837. The molecular formula is C11H13IN4O2. The number of hydrogen-bond acceptors (Lipinski definition) is 4. The highest BCUT2D eigenvalue weighted by molar-refractivity contribution is 14.1. The molecule has 2 aromatic heterocycles. The van der Waals surface area contributed by atoms with E-state index < -0.39 is 0 Å². The monoisotopic (exact) mass is 360 g/mol. The van der Waals surface area contributed by atoms with Gasteiger partial charge in [0.1, 0.15) is 9.39 Å². The van der Waals surface area contributed by atoms with Crippen LogP contribution < -0.4 is 5.56 Å². The Morgan fingerprint density at radius 2 is 2.33 bits per heavy atom. The van der Waals surface area contributed by atoms with Gasteiger partial charge in [0.15, 0.2) is 0 Å². The number of H-pyrrole nitrogens is 1. The Labute approximate surface area is 118 Å². The molecule has 0 amide bonds. The van der Waals surface area contributed by atoms with Crippen molar-refractivity contribution in [2.24, 2.45) is 0 Å². The average Bonchev–Trinajstić information content (AvgIpc) is 2.83. The van der Waals surface area contributed by atoms with Gasteiger partial charge in [-0.15, -0.1) is 0 Å². The summed E-state index contributed by atoms with van der Waals surface area (Å²) in [4.78, 5) is 18.9. The van der Waals surface area contributed by atoms with Gasteiger partial charge in [-0.2, -0.15) is 5.10 Å². The fraction of sp³-hybridized carbons (Fsp3) is 0.364. The van der Waals surface area contributed by atoms with Gasteiger partial charge < -0.3 is 9.72 Å². The Hall–Kier alpha value is -1.22. The SMILES string of the molecule is CCn1cc(-c2nc(COC)c(I)c(=O)[nH]2)cn1. The normalized spacial score (nSPS) is 10.8. The van der Waals surface area contributed by atoms with E-state index in [2.05, 4.69) is 15.1 Å². The lowest BCUT2D eigenvalue weighted by molar-refractivity contribution is 0.180. The van der Waals surface area contributed by atoms with E-state index in [9.17, 15) is 4.79 Å². The second-order valence-electron chi connectivity index (χ2n) is 3.69. The van der Waals surface area contributed by atoms with Crippen molar-refractivity contribution < 1.29 is 4.74 Å². The maximum Gasteiger partial charge on any atom is 0.264 e. The summed E-state index contributed by atoms with van der Waals surface area (Å²) in [5, 5.41) is 4.16. The van der Waals surface area contributed by atoms with Crippen molar-refractivity contribution in [3.05, 3.63) is 32.0 Å². The van der Waals surface area contributed by atoms with Crippen LogP contribution in [0, 0.1) is 3.57 Å². The molecule has 7 heteroatoms. The third-order valence-electron chi connectivity index (χ3n) is 2.44. The third-order valence-corrected chi connectivity index (χ3v) is 3.56. The van der Waals surface area contributed by atoms with Crippen molar-refractivity contribution in [3.8, 4) is 11.4 Å². The van der Waals surface area contributed by atoms with E-state index in [1.165, 1.54) is 0 Å². The van der Waals surface area contributed by atoms with Crippen LogP contribution in [-0.4, -0.2) is 26.9 Å². The Balaban J connectivity index is 2.48. The molecule has 0 atom stereocenters. The van der Waals surface area contributed by atoms with Gasteiger partial charge in [-0.05, 0) is 29.5 Å². The van der Waals surface area contributed by atoms with E-state index in [1.807, 2.05) is 35.7 Å². The zero-order valence-corrected chi connectivity index (χ0v) is 12.3. The van der Waals surface area contributed by atoms with Gasteiger partial charge in [-0.1, -0.05) is 0 Å². The Kier molecular flexibility index (Phi) is 4.12. The van der Waals surface area contributed by atoms with Crippen LogP contribution in [0.15, 0.2) is 17.2 Å². The van der Waals surface area contributed by atoms with Crippen LogP contribution in [0.5, 0.6) is 0 Å². The topological polar surface area (TPSA) is 72.8 Å². The van der Waals surface area contributed by atoms with Gasteiger partial charge in [0.2, 0.25) is 0 Å². The second kappa shape index (κ2) is 5.61. The first-order valence-electron chi connectivity index (χ1n) is 5.46. The number of nitrogens with zero attached hydrogens (tertiary/aromatic N) is 3. The van der Waals surface area contributed by atoms with Gasteiger partial charge in [-0.3, -0.25) is 9.48 Å². The highest BCUT2D eigenvalue weighted by Crippen LogP contribution is 2.15. The van der Waals surface area contributed by atoms with Crippen LogP contribution >= 0.6 is 22.6 Å². The lowest BCUT2D eigenvalue weighted by Gasteiger charge is -2.04. The number of aromatic amines is 1. The number of hydrogen-bond donors (Lipinski definition) is 1. The first-order chi connectivity index (χ1) is 8.65. The van der Waals surface area contributed by atoms with E-state index in [4.69, 9.17) is 4.74 Å². The van der Waals surface area contributed by atoms with Gasteiger partial charge >= 0.3 is 0 Å². The van der Waals surface area contributed by atoms with Crippen LogP contribution in [0.25, 0.3) is 11.4 Å². The minimum atomic E-state index is -0.156. The molecule has 6 nitrogen and oxygen atoms in total. The molecule has 96 valence electrons. The molecule has 0 aliphatic rings. The van der Waals surface area contributed by atoms with Crippen molar-refractivity contribution >= 4 is 22.6 Å². The minimum Gasteiger partial charge on any atom is -0.378 e. The van der Waals surface area contributed by atoms with Gasteiger partial charge in [0.05, 0.1) is 24.1 Å². The molecule has 2 aromatic rings. The summed E-state index contributed by atoms with van der Waals surface area (Å²) >= 11 is 1.97. The summed E-state index contributed by atoms with van der Waals surface area (Å²) in [7, 11) is 1.58. The first kappa shape index (κ1) is 13.2. The van der Waals surface area contributed by atoms with Crippen molar-refractivity contribution in [1.82, 2.24) is 19.7 Å². The molecule has 2 rings (SSSR count). The van der Waals surface area contributed by atoms with Gasteiger partial charge in [0.25, 0.3) is 5.56 Å². The fourth-order valence-electron chi connectivity index (χ4n) is 1.53. The number of ether oxygens (including phenoxy) is 1. The second-order valence-corrected chi connectivity index (χ2v) is 4.77. The standard InChI is InChI=1S/C11H13IN4O2/c1-3-16-5-7(4-13-16)10-14-8(6-18-2)9(12)11(17)15-10/h4-5H,3,6H2,1-2H3,(H,14,15,17). The molecule has 0 radical (unpaired) electrons. The lowest BCUT2D eigenvalue weighted by Crippen LogP contribution is -2.16. The van der Waals surface area contributed by atoms with Crippen molar-refractivity contribution in [2.45, 2.75) is 20.1 Å². The first-order valence-corrected chi connectivity index (χ1v) is 6.54. The predicted molar refractivity (Wildman–Crippen MR) is 75.2 cm³/mol. The molecule has 0 saturated heterocycles. The van der Waals surface area contributed by atoms with Crippen LogP contribution in [0.1, 0.15) is 12.6 Å². The molecule has 0 bridgehead atoms. The number of aromatic nitrogens is 4. The van der Waals surface area contributed by atoms with Crippen LogP contribution in [-0.2, 0) is 17.9 Å². The molecule has 0 aromatic carbocycles. The maximum absolute atomic E-state index is 11.8. The largest absolute Gasteiger partial charge is 0.378 e. The maximum atomic E-state index is 11.8. The summed E-state index contributed by atoms with van der Waals surface area (Å²) < 4.78 is 7.38. The average molecular weight is 360 g/mol. The van der Waals surface area contributed by atoms with Gasteiger partial charge in [-0.25, -0.2) is 4.98 Å². The molecule has 2 heterocycles. The van der Waals surface area contributed by atoms with Crippen LogP contribution in [0.4, 0.5) is 0 Å². The van der Waals surface area contributed by atoms with Crippen LogP contribution in [0.2, 0.25) is 0 Å². The minimum absolute atomic E-state index is 0.156. The lowest BCUT2D eigenvalue weighted by atomic mass is 10.3. The summed E-state index contributed by atoms with van der Waals surface area (Å²) in [6.07, 6.45) is 3.53. The van der Waals surface area contributed by atoms with Crippen molar-refractivity contribution in [2.75, 3.05) is 7.11 Å². The molecule has 0 unspecified atom stereocenters. The van der Waals surface area contributed by atoms with Crippen LogP contribution in [0.3, 0.4) is 0 Å². The van der Waals surface area contributed by atoms with E-state index in [0.717, 1.165) is 12.1 Å². The molecule has 0 fully saturated rings. The number of halogens is 1. The molecule has 0 aliphatic heterocycles. The highest BCUT2D eigenvalue weighted by atomic mass is 127. The van der Waals surface area contributed by atoms with Crippen molar-refractivity contribution in [3.63, 3.8) is 0 Å². The van der Waals surface area contributed by atoms with E-state index >= 15 is 0 Å². The molecule has 0 spiro atoms. The summed E-state index contributed by atoms with van der Waals surface area (Å²) in [6, 6.07) is 0. The number of nitrogens with one attached hydrogen (secondary N) is 1. The van der Waals surface area contributed by atoms with E-state index in [1.54, 1.807) is 18.0 Å². The Morgan fingerprint density at radius 3 is 2.94 bits per heavy atom. The Morgan fingerprint density at radius 1 is 1.56 bits per heavy atom. The van der Waals surface area contributed by atoms with Crippen molar-refractivity contribution in [1.29, 1.82) is 0 Å². The molecule has 18 heavy (non-hydrogen) atoms. The molecule has 1 N–H and O–H groups in total. The molecule has 0 saturated carbocycles. The van der Waals surface area contributed by atoms with E-state index in [0.29, 0.717) is 21.7 Å². The highest BCUT2D eigenvalue weighted by Gasteiger charge is 2.11. The third kappa shape index (κ3) is 2.61. The van der Waals surface area contributed by atoms with E-state index in [-0.39, 0.29) is 5.56 Å². The fourth-order valence-corrected chi connectivity index (χ4v) is 1.94. The summed E-state index contributed by atoms with van der Waals surface area (Å²) in [5.41, 5.74) is 1.28. The number of rotatable bonds is 4. The molecule has 0 aliphatic carbocycles. The van der Waals surface area contributed by atoms with Gasteiger partial charge in [0, 0.05) is 19.9 Å². The summed E-state index contributed by atoms with van der Waals surface area (Å²) in [5.74, 6) is 0.521. The molecular weight excluding hydrogens is 347 g/mol. The Bertz CT molecular complexity index is 605. The predicted octanol–water partition coefficient (Wildman–Crippen LogP) is 1.40. The zero-order chi connectivity index (χ0) is 13.1. The smallest absolute Gasteiger partial charge is 0.264 e. The summed E-state index contributed by atoms with van der Waals surface area (Å²) in [6.45, 7) is 3.09. The number of methoxy groups -OCH3 is 1. The zero-order valence-electron chi connectivity index (χ0n) is 10.1. The number of aryl methyl sites for hydroxylation is 1.